The van der Waals surface area contributed by atoms with Gasteiger partial charge in [0.1, 0.15) is 0 Å². The van der Waals surface area contributed by atoms with E-state index in [1.165, 1.54) is 31.5 Å². The largest absolute Gasteiger partial charge is 0.395 e. The second kappa shape index (κ2) is 8.52. The lowest BCUT2D eigenvalue weighted by Crippen LogP contribution is -2.44. The minimum absolute atomic E-state index is 0.266. The number of fused-ring (bicyclic) bond motifs is 1. The molecule has 2 fully saturated rings. The molecule has 1 saturated heterocycles. The Morgan fingerprint density at radius 3 is 2.83 bits per heavy atom. The Hall–Kier alpha value is -0.550. The standard InChI is InChI=1S/C19H30N2OS/c1-23-10-9-17(14-22)20-19-8-7-16-12-21(13-18(16)19)11-15-5-3-2-4-6-15/h2-6,16-20,22H,7-14H2,1H3. The predicted octanol–water partition coefficient (Wildman–Crippen LogP) is 2.60. The summed E-state index contributed by atoms with van der Waals surface area (Å²) in [4.78, 5) is 2.62. The van der Waals surface area contributed by atoms with Crippen molar-refractivity contribution < 1.29 is 5.11 Å². The van der Waals surface area contributed by atoms with Crippen LogP contribution in [0, 0.1) is 11.8 Å². The number of hydrogen-bond donors (Lipinski definition) is 2. The van der Waals surface area contributed by atoms with E-state index in [0.29, 0.717) is 6.04 Å². The van der Waals surface area contributed by atoms with Crippen LogP contribution in [0.15, 0.2) is 30.3 Å². The third-order valence-electron chi connectivity index (χ3n) is 5.52. The number of benzene rings is 1. The van der Waals surface area contributed by atoms with E-state index in [-0.39, 0.29) is 12.6 Å². The zero-order valence-corrected chi connectivity index (χ0v) is 15.0. The highest BCUT2D eigenvalue weighted by Crippen LogP contribution is 2.39. The van der Waals surface area contributed by atoms with Crippen molar-refractivity contribution in [2.24, 2.45) is 11.8 Å². The van der Waals surface area contributed by atoms with E-state index in [2.05, 4.69) is 46.8 Å². The van der Waals surface area contributed by atoms with Crippen molar-refractivity contribution in [1.82, 2.24) is 10.2 Å². The monoisotopic (exact) mass is 334 g/mol. The van der Waals surface area contributed by atoms with E-state index in [1.54, 1.807) is 0 Å². The summed E-state index contributed by atoms with van der Waals surface area (Å²) in [6.45, 7) is 3.79. The highest BCUT2D eigenvalue weighted by molar-refractivity contribution is 7.98. The average Bonchev–Trinajstić information content (AvgIpc) is 3.13. The van der Waals surface area contributed by atoms with Gasteiger partial charge in [-0.1, -0.05) is 30.3 Å². The Balaban J connectivity index is 1.52. The Bertz CT molecular complexity index is 470. The summed E-state index contributed by atoms with van der Waals surface area (Å²) < 4.78 is 0. The third kappa shape index (κ3) is 4.50. The maximum atomic E-state index is 9.62. The molecule has 2 aliphatic rings. The molecule has 0 aromatic heterocycles. The molecular formula is C19H30N2OS. The molecular weight excluding hydrogens is 304 g/mol. The summed E-state index contributed by atoms with van der Waals surface area (Å²) in [5.74, 6) is 2.73. The van der Waals surface area contributed by atoms with E-state index in [0.717, 1.165) is 30.6 Å². The fraction of sp³-hybridized carbons (Fsp3) is 0.684. The Kier molecular flexibility index (Phi) is 6.40. The smallest absolute Gasteiger partial charge is 0.0585 e. The molecule has 128 valence electrons. The number of rotatable bonds is 8. The maximum Gasteiger partial charge on any atom is 0.0585 e. The van der Waals surface area contributed by atoms with Gasteiger partial charge in [0.2, 0.25) is 0 Å². The van der Waals surface area contributed by atoms with Gasteiger partial charge in [-0.15, -0.1) is 0 Å². The van der Waals surface area contributed by atoms with E-state index in [1.807, 2.05) is 11.8 Å². The topological polar surface area (TPSA) is 35.5 Å². The number of nitrogens with one attached hydrogen (secondary N) is 1. The zero-order valence-electron chi connectivity index (χ0n) is 14.2. The molecule has 23 heavy (non-hydrogen) atoms. The normalized spacial score (nSPS) is 28.9. The summed E-state index contributed by atoms with van der Waals surface area (Å²) in [5.41, 5.74) is 1.42. The molecule has 0 amide bonds. The Morgan fingerprint density at radius 1 is 1.26 bits per heavy atom. The molecule has 1 aromatic rings. The molecule has 0 radical (unpaired) electrons. The average molecular weight is 335 g/mol. The number of nitrogens with zero attached hydrogens (tertiary/aromatic N) is 1. The van der Waals surface area contributed by atoms with Gasteiger partial charge in [0.15, 0.2) is 0 Å². The van der Waals surface area contributed by atoms with E-state index >= 15 is 0 Å². The van der Waals surface area contributed by atoms with Crippen LogP contribution in [0.25, 0.3) is 0 Å². The van der Waals surface area contributed by atoms with Crippen LogP contribution in [0.5, 0.6) is 0 Å². The van der Waals surface area contributed by atoms with Crippen molar-refractivity contribution >= 4 is 11.8 Å². The summed E-state index contributed by atoms with van der Waals surface area (Å²) in [5, 5.41) is 13.4. The van der Waals surface area contributed by atoms with Crippen LogP contribution in [0.2, 0.25) is 0 Å². The number of hydrogen-bond acceptors (Lipinski definition) is 4. The van der Waals surface area contributed by atoms with Crippen LogP contribution in [0.3, 0.4) is 0 Å². The van der Waals surface area contributed by atoms with Gasteiger partial charge in [0, 0.05) is 31.7 Å². The van der Waals surface area contributed by atoms with Crippen LogP contribution >= 0.6 is 11.8 Å². The van der Waals surface area contributed by atoms with Crippen molar-refractivity contribution in [3.63, 3.8) is 0 Å². The number of aliphatic hydroxyl groups is 1. The fourth-order valence-electron chi connectivity index (χ4n) is 4.33. The van der Waals surface area contributed by atoms with Gasteiger partial charge in [0.05, 0.1) is 6.61 Å². The number of thioether (sulfide) groups is 1. The lowest BCUT2D eigenvalue weighted by molar-refractivity contribution is 0.212. The van der Waals surface area contributed by atoms with Crippen LogP contribution in [-0.2, 0) is 6.54 Å². The van der Waals surface area contributed by atoms with Crippen LogP contribution in [0.1, 0.15) is 24.8 Å². The quantitative estimate of drug-likeness (QED) is 0.766. The molecule has 0 bridgehead atoms. The van der Waals surface area contributed by atoms with Gasteiger partial charge in [-0.05, 0) is 48.7 Å². The minimum atomic E-state index is 0.266. The van der Waals surface area contributed by atoms with Crippen molar-refractivity contribution in [3.8, 4) is 0 Å². The van der Waals surface area contributed by atoms with Gasteiger partial charge in [-0.25, -0.2) is 0 Å². The predicted molar refractivity (Wildman–Crippen MR) is 98.7 cm³/mol. The zero-order chi connectivity index (χ0) is 16.1. The number of aliphatic hydroxyl groups excluding tert-OH is 1. The lowest BCUT2D eigenvalue weighted by atomic mass is 9.97. The first kappa shape index (κ1) is 17.3. The first-order valence-electron chi connectivity index (χ1n) is 8.92. The lowest BCUT2D eigenvalue weighted by Gasteiger charge is -2.26. The van der Waals surface area contributed by atoms with Crippen LogP contribution in [-0.4, -0.2) is 53.8 Å². The summed E-state index contributed by atoms with van der Waals surface area (Å²) in [7, 11) is 0. The first-order chi connectivity index (χ1) is 11.3. The molecule has 1 heterocycles. The Labute approximate surface area is 144 Å². The van der Waals surface area contributed by atoms with Crippen molar-refractivity contribution in [3.05, 3.63) is 35.9 Å². The molecule has 0 spiro atoms. The molecule has 4 heteroatoms. The summed E-state index contributed by atoms with van der Waals surface area (Å²) in [6, 6.07) is 11.7. The maximum absolute atomic E-state index is 9.62. The highest BCUT2D eigenvalue weighted by atomic mass is 32.2. The SMILES string of the molecule is CSCCC(CO)NC1CCC2CN(Cc3ccccc3)CC21. The van der Waals surface area contributed by atoms with Crippen LogP contribution in [0.4, 0.5) is 0 Å². The van der Waals surface area contributed by atoms with Crippen molar-refractivity contribution in [2.75, 3.05) is 31.7 Å². The van der Waals surface area contributed by atoms with Gasteiger partial charge in [-0.2, -0.15) is 11.8 Å². The molecule has 1 aliphatic heterocycles. The molecule has 4 unspecified atom stereocenters. The highest BCUT2D eigenvalue weighted by Gasteiger charge is 2.42. The molecule has 2 N–H and O–H groups in total. The molecule has 1 saturated carbocycles. The van der Waals surface area contributed by atoms with Crippen molar-refractivity contribution in [1.29, 1.82) is 0 Å². The van der Waals surface area contributed by atoms with Gasteiger partial charge < -0.3 is 10.4 Å². The first-order valence-corrected chi connectivity index (χ1v) is 10.3. The molecule has 1 aliphatic carbocycles. The van der Waals surface area contributed by atoms with Gasteiger partial charge >= 0.3 is 0 Å². The molecule has 4 atom stereocenters. The van der Waals surface area contributed by atoms with E-state index in [4.69, 9.17) is 0 Å². The second-order valence-electron chi connectivity index (χ2n) is 7.12. The van der Waals surface area contributed by atoms with Crippen molar-refractivity contribution in [2.45, 2.75) is 37.9 Å². The molecule has 1 aromatic carbocycles. The third-order valence-corrected chi connectivity index (χ3v) is 6.17. The van der Waals surface area contributed by atoms with Gasteiger partial charge in [-0.3, -0.25) is 4.90 Å². The van der Waals surface area contributed by atoms with E-state index in [9.17, 15) is 5.11 Å². The number of likely N-dealkylation sites (tertiary alicyclic amines) is 1. The molecule has 3 nitrogen and oxygen atoms in total. The Morgan fingerprint density at radius 2 is 2.09 bits per heavy atom. The van der Waals surface area contributed by atoms with Gasteiger partial charge in [0.25, 0.3) is 0 Å². The summed E-state index contributed by atoms with van der Waals surface area (Å²) >= 11 is 1.86. The fourth-order valence-corrected chi connectivity index (χ4v) is 4.85. The minimum Gasteiger partial charge on any atom is -0.395 e. The molecule has 3 rings (SSSR count). The second-order valence-corrected chi connectivity index (χ2v) is 8.10. The van der Waals surface area contributed by atoms with E-state index < -0.39 is 0 Å². The summed E-state index contributed by atoms with van der Waals surface area (Å²) in [6.07, 6.45) is 5.83. The van der Waals surface area contributed by atoms with Crippen LogP contribution < -0.4 is 5.32 Å².